The Morgan fingerprint density at radius 3 is 2.00 bits per heavy atom. The van der Waals surface area contributed by atoms with Crippen LogP contribution in [0.5, 0.6) is 0 Å². The van der Waals surface area contributed by atoms with Crippen molar-refractivity contribution in [3.63, 3.8) is 0 Å². The number of rotatable bonds is 4. The molecule has 0 unspecified atom stereocenters. The molecule has 0 atom stereocenters. The van der Waals surface area contributed by atoms with E-state index in [2.05, 4.69) is 63.9 Å². The zero-order chi connectivity index (χ0) is 11.4. The Bertz CT molecular complexity index is 320. The summed E-state index contributed by atoms with van der Waals surface area (Å²) in [4.78, 5) is 0. The van der Waals surface area contributed by atoms with Gasteiger partial charge in [0.2, 0.25) is 0 Å². The molecule has 0 fully saturated rings. The number of hydrogen-bond acceptors (Lipinski definition) is 1. The van der Waals surface area contributed by atoms with Crippen LogP contribution in [0.15, 0.2) is 30.8 Å². The van der Waals surface area contributed by atoms with Crippen LogP contribution in [0.4, 0.5) is 0 Å². The standard InChI is InChI=1S/C14H21N/c1-10(2)13-6-8-14(9-7-13)12(5)15-11(3)4/h6-11,15H,5H2,1-4H3. The first-order chi connectivity index (χ1) is 7.00. The highest BCUT2D eigenvalue weighted by Crippen LogP contribution is 2.17. The largest absolute Gasteiger partial charge is 0.383 e. The molecule has 0 aliphatic heterocycles. The predicted molar refractivity (Wildman–Crippen MR) is 67.8 cm³/mol. The first kappa shape index (κ1) is 11.8. The summed E-state index contributed by atoms with van der Waals surface area (Å²) in [6.45, 7) is 12.7. The third kappa shape index (κ3) is 3.43. The van der Waals surface area contributed by atoms with Gasteiger partial charge in [-0.15, -0.1) is 0 Å². The van der Waals surface area contributed by atoms with Crippen LogP contribution in [0, 0.1) is 0 Å². The molecule has 0 heterocycles. The lowest BCUT2D eigenvalue weighted by Crippen LogP contribution is -2.20. The number of nitrogens with one attached hydrogen (secondary N) is 1. The summed E-state index contributed by atoms with van der Waals surface area (Å²) in [6.07, 6.45) is 0. The fourth-order valence-corrected chi connectivity index (χ4v) is 1.50. The fraction of sp³-hybridized carbons (Fsp3) is 0.429. The molecule has 0 amide bonds. The van der Waals surface area contributed by atoms with Gasteiger partial charge < -0.3 is 5.32 Å². The minimum Gasteiger partial charge on any atom is -0.383 e. The van der Waals surface area contributed by atoms with E-state index >= 15 is 0 Å². The summed E-state index contributed by atoms with van der Waals surface area (Å²) in [5.41, 5.74) is 3.55. The molecule has 82 valence electrons. The van der Waals surface area contributed by atoms with Crippen molar-refractivity contribution in [3.8, 4) is 0 Å². The molecule has 0 bridgehead atoms. The Labute approximate surface area is 93.2 Å². The van der Waals surface area contributed by atoms with Crippen molar-refractivity contribution >= 4 is 5.70 Å². The highest BCUT2D eigenvalue weighted by Gasteiger charge is 2.02. The Morgan fingerprint density at radius 1 is 1.07 bits per heavy atom. The molecule has 15 heavy (non-hydrogen) atoms. The van der Waals surface area contributed by atoms with Gasteiger partial charge in [-0.05, 0) is 30.9 Å². The van der Waals surface area contributed by atoms with Crippen LogP contribution in [-0.2, 0) is 0 Å². The molecule has 0 aromatic heterocycles. The molecule has 1 aromatic carbocycles. The quantitative estimate of drug-likeness (QED) is 0.785. The van der Waals surface area contributed by atoms with Gasteiger partial charge in [-0.2, -0.15) is 0 Å². The Hall–Kier alpha value is -1.24. The van der Waals surface area contributed by atoms with Crippen molar-refractivity contribution in [3.05, 3.63) is 42.0 Å². The van der Waals surface area contributed by atoms with Gasteiger partial charge in [-0.1, -0.05) is 44.7 Å². The lowest BCUT2D eigenvalue weighted by atomic mass is 10.0. The van der Waals surface area contributed by atoms with Crippen LogP contribution in [0.1, 0.15) is 44.7 Å². The van der Waals surface area contributed by atoms with Crippen LogP contribution in [0.2, 0.25) is 0 Å². The predicted octanol–water partition coefficient (Wildman–Crippen LogP) is 3.78. The minimum atomic E-state index is 0.433. The van der Waals surface area contributed by atoms with E-state index in [-0.39, 0.29) is 0 Å². The second-order valence-corrected chi connectivity index (χ2v) is 4.55. The average Bonchev–Trinajstić information content (AvgIpc) is 2.17. The highest BCUT2D eigenvalue weighted by molar-refractivity contribution is 5.62. The van der Waals surface area contributed by atoms with Gasteiger partial charge in [0.05, 0.1) is 0 Å². The Kier molecular flexibility index (Phi) is 3.96. The highest BCUT2D eigenvalue weighted by atomic mass is 14.9. The van der Waals surface area contributed by atoms with E-state index in [0.29, 0.717) is 12.0 Å². The van der Waals surface area contributed by atoms with Gasteiger partial charge in [0.15, 0.2) is 0 Å². The SMILES string of the molecule is C=C(NC(C)C)c1ccc(C(C)C)cc1. The van der Waals surface area contributed by atoms with E-state index in [4.69, 9.17) is 0 Å². The van der Waals surface area contributed by atoms with E-state index in [9.17, 15) is 0 Å². The first-order valence-corrected chi connectivity index (χ1v) is 5.56. The molecule has 0 spiro atoms. The van der Waals surface area contributed by atoms with Crippen molar-refractivity contribution < 1.29 is 0 Å². The Morgan fingerprint density at radius 2 is 1.60 bits per heavy atom. The summed E-state index contributed by atoms with van der Waals surface area (Å²) < 4.78 is 0. The van der Waals surface area contributed by atoms with Crippen LogP contribution >= 0.6 is 0 Å². The second kappa shape index (κ2) is 5.01. The van der Waals surface area contributed by atoms with Gasteiger partial charge in [0, 0.05) is 11.7 Å². The zero-order valence-corrected chi connectivity index (χ0v) is 10.2. The number of hydrogen-bond donors (Lipinski definition) is 1. The van der Waals surface area contributed by atoms with Crippen LogP contribution in [0.3, 0.4) is 0 Å². The summed E-state index contributed by atoms with van der Waals surface area (Å²) >= 11 is 0. The molecule has 1 heteroatoms. The maximum atomic E-state index is 4.03. The van der Waals surface area contributed by atoms with Gasteiger partial charge in [-0.25, -0.2) is 0 Å². The topological polar surface area (TPSA) is 12.0 Å². The molecule has 0 saturated carbocycles. The van der Waals surface area contributed by atoms with Gasteiger partial charge in [-0.3, -0.25) is 0 Å². The molecule has 0 saturated heterocycles. The molecule has 0 aliphatic carbocycles. The van der Waals surface area contributed by atoms with Crippen LogP contribution in [0.25, 0.3) is 5.70 Å². The third-order valence-electron chi connectivity index (χ3n) is 2.39. The fourth-order valence-electron chi connectivity index (χ4n) is 1.50. The minimum absolute atomic E-state index is 0.433. The average molecular weight is 203 g/mol. The lowest BCUT2D eigenvalue weighted by molar-refractivity contribution is 0.718. The maximum Gasteiger partial charge on any atom is 0.0342 e. The van der Waals surface area contributed by atoms with Crippen LogP contribution in [-0.4, -0.2) is 6.04 Å². The molecule has 1 rings (SSSR count). The van der Waals surface area contributed by atoms with Gasteiger partial charge >= 0.3 is 0 Å². The maximum absolute atomic E-state index is 4.03. The zero-order valence-electron chi connectivity index (χ0n) is 10.2. The summed E-state index contributed by atoms with van der Waals surface area (Å²) in [5.74, 6) is 0.588. The molecule has 1 N–H and O–H groups in total. The van der Waals surface area contributed by atoms with Gasteiger partial charge in [0.1, 0.15) is 0 Å². The summed E-state index contributed by atoms with van der Waals surface area (Å²) in [6, 6.07) is 9.04. The third-order valence-corrected chi connectivity index (χ3v) is 2.39. The summed E-state index contributed by atoms with van der Waals surface area (Å²) in [7, 11) is 0. The lowest BCUT2D eigenvalue weighted by Gasteiger charge is -2.14. The van der Waals surface area contributed by atoms with E-state index in [1.54, 1.807) is 0 Å². The van der Waals surface area contributed by atoms with Crippen LogP contribution < -0.4 is 5.32 Å². The van der Waals surface area contributed by atoms with E-state index in [1.807, 2.05) is 0 Å². The van der Waals surface area contributed by atoms with Crippen molar-refractivity contribution in [2.45, 2.75) is 39.7 Å². The monoisotopic (exact) mass is 203 g/mol. The molecule has 0 radical (unpaired) electrons. The first-order valence-electron chi connectivity index (χ1n) is 5.56. The molecular formula is C14H21N. The van der Waals surface area contributed by atoms with Gasteiger partial charge in [0.25, 0.3) is 0 Å². The summed E-state index contributed by atoms with van der Waals surface area (Å²) in [5, 5.41) is 3.31. The molecule has 1 nitrogen and oxygen atoms in total. The normalized spacial score (nSPS) is 10.8. The molecule has 1 aromatic rings. The van der Waals surface area contributed by atoms with Crippen molar-refractivity contribution in [1.29, 1.82) is 0 Å². The van der Waals surface area contributed by atoms with Crippen molar-refractivity contribution in [2.24, 2.45) is 0 Å². The van der Waals surface area contributed by atoms with Crippen molar-refractivity contribution in [1.82, 2.24) is 5.32 Å². The van der Waals surface area contributed by atoms with E-state index in [1.165, 1.54) is 11.1 Å². The van der Waals surface area contributed by atoms with E-state index < -0.39 is 0 Å². The smallest absolute Gasteiger partial charge is 0.0342 e. The molecule has 0 aliphatic rings. The Balaban J connectivity index is 2.75. The van der Waals surface area contributed by atoms with Crippen molar-refractivity contribution in [2.75, 3.05) is 0 Å². The number of benzene rings is 1. The second-order valence-electron chi connectivity index (χ2n) is 4.55. The molecular weight excluding hydrogens is 182 g/mol. The van der Waals surface area contributed by atoms with E-state index in [0.717, 1.165) is 5.70 Å².